The Bertz CT molecular complexity index is 803. The minimum absolute atomic E-state index is 0.0198. The molecule has 0 aromatic heterocycles. The lowest BCUT2D eigenvalue weighted by molar-refractivity contribution is -0.0749. The second-order valence-electron chi connectivity index (χ2n) is 9.56. The van der Waals surface area contributed by atoms with E-state index >= 15 is 0 Å². The van der Waals surface area contributed by atoms with Crippen LogP contribution in [0.25, 0.3) is 0 Å². The number of hydrogen-bond donors (Lipinski definition) is 2. The Balaban J connectivity index is 1.93. The van der Waals surface area contributed by atoms with Crippen LogP contribution in [-0.4, -0.2) is 44.9 Å². The minimum Gasteiger partial charge on any atom is -0.465 e. The van der Waals surface area contributed by atoms with Gasteiger partial charge in [0.05, 0.1) is 12.2 Å². The van der Waals surface area contributed by atoms with E-state index in [-0.39, 0.29) is 11.1 Å². The van der Waals surface area contributed by atoms with Crippen LogP contribution in [0.15, 0.2) is 60.7 Å². The van der Waals surface area contributed by atoms with Crippen molar-refractivity contribution >= 4 is 24.8 Å². The maximum absolute atomic E-state index is 11.0. The molecular weight excluding hydrogens is 406 g/mol. The highest BCUT2D eigenvalue weighted by atomic mass is 28.4. The van der Waals surface area contributed by atoms with E-state index in [0.717, 1.165) is 25.7 Å². The van der Waals surface area contributed by atoms with E-state index in [1.54, 1.807) is 7.11 Å². The summed E-state index contributed by atoms with van der Waals surface area (Å²) < 4.78 is 13.1. The Hall–Kier alpha value is -2.15. The maximum Gasteiger partial charge on any atom is 0.404 e. The van der Waals surface area contributed by atoms with E-state index in [2.05, 4.69) is 74.6 Å². The zero-order chi connectivity index (χ0) is 22.5. The normalized spacial score (nSPS) is 22.1. The van der Waals surface area contributed by atoms with Gasteiger partial charge < -0.3 is 19.6 Å². The zero-order valence-corrected chi connectivity index (χ0v) is 20.1. The zero-order valence-electron chi connectivity index (χ0n) is 19.1. The van der Waals surface area contributed by atoms with Gasteiger partial charge in [0.15, 0.2) is 0 Å². The number of nitrogens with one attached hydrogen (secondary N) is 1. The number of rotatable bonds is 7. The number of benzene rings is 2. The molecule has 31 heavy (non-hydrogen) atoms. The molecule has 6 heteroatoms. The predicted molar refractivity (Wildman–Crippen MR) is 127 cm³/mol. The van der Waals surface area contributed by atoms with Gasteiger partial charge in [-0.15, -0.1) is 0 Å². The molecule has 1 saturated carbocycles. The first-order chi connectivity index (χ1) is 14.7. The van der Waals surface area contributed by atoms with Gasteiger partial charge in [-0.25, -0.2) is 4.79 Å². The lowest BCUT2D eigenvalue weighted by Crippen LogP contribution is -2.68. The van der Waals surface area contributed by atoms with E-state index in [1.807, 2.05) is 12.1 Å². The highest BCUT2D eigenvalue weighted by Crippen LogP contribution is 2.39. The second kappa shape index (κ2) is 9.55. The van der Waals surface area contributed by atoms with Crippen LogP contribution in [0, 0.1) is 0 Å². The monoisotopic (exact) mass is 441 g/mol. The van der Waals surface area contributed by atoms with E-state index in [9.17, 15) is 4.79 Å². The topological polar surface area (TPSA) is 67.8 Å². The lowest BCUT2D eigenvalue weighted by atomic mass is 9.82. The Labute approximate surface area is 186 Å². The van der Waals surface area contributed by atoms with Crippen molar-refractivity contribution in [1.82, 2.24) is 5.32 Å². The Morgan fingerprint density at radius 3 is 1.90 bits per heavy atom. The van der Waals surface area contributed by atoms with Crippen molar-refractivity contribution in [3.05, 3.63) is 60.7 Å². The number of amides is 1. The van der Waals surface area contributed by atoms with Crippen LogP contribution >= 0.6 is 0 Å². The fourth-order valence-corrected chi connectivity index (χ4v) is 9.51. The molecule has 0 bridgehead atoms. The van der Waals surface area contributed by atoms with Crippen molar-refractivity contribution in [3.63, 3.8) is 0 Å². The van der Waals surface area contributed by atoms with Gasteiger partial charge in [-0.05, 0) is 41.1 Å². The number of ether oxygens (including phenoxy) is 1. The minimum atomic E-state index is -2.63. The largest absolute Gasteiger partial charge is 0.465 e. The predicted octanol–water partition coefficient (Wildman–Crippen LogP) is 4.16. The van der Waals surface area contributed by atoms with Crippen molar-refractivity contribution in [1.29, 1.82) is 0 Å². The first kappa shape index (κ1) is 23.5. The van der Waals surface area contributed by atoms with Crippen molar-refractivity contribution in [2.24, 2.45) is 0 Å². The van der Waals surface area contributed by atoms with Crippen LogP contribution in [0.2, 0.25) is 5.04 Å². The summed E-state index contributed by atoms with van der Waals surface area (Å²) in [5.41, 5.74) is -0.399. The molecule has 1 fully saturated rings. The molecular formula is C25H35NO4Si. The molecule has 168 valence electrons. The molecule has 0 heterocycles. The van der Waals surface area contributed by atoms with Gasteiger partial charge in [0.2, 0.25) is 0 Å². The summed E-state index contributed by atoms with van der Waals surface area (Å²) in [6.07, 6.45) is 2.09. The summed E-state index contributed by atoms with van der Waals surface area (Å²) >= 11 is 0. The first-order valence-electron chi connectivity index (χ1n) is 11.0. The Kier molecular flexibility index (Phi) is 7.24. The first-order valence-corrected chi connectivity index (χ1v) is 12.9. The molecule has 0 radical (unpaired) electrons. The molecule has 1 amide bonds. The van der Waals surface area contributed by atoms with Gasteiger partial charge >= 0.3 is 6.09 Å². The van der Waals surface area contributed by atoms with Gasteiger partial charge in [0, 0.05) is 13.2 Å². The van der Waals surface area contributed by atoms with Crippen molar-refractivity contribution in [3.8, 4) is 0 Å². The van der Waals surface area contributed by atoms with Gasteiger partial charge in [-0.1, -0.05) is 81.4 Å². The fourth-order valence-electron chi connectivity index (χ4n) is 4.87. The second-order valence-corrected chi connectivity index (χ2v) is 13.9. The molecule has 0 saturated heterocycles. The summed E-state index contributed by atoms with van der Waals surface area (Å²) in [6, 6.07) is 21.2. The number of methoxy groups -OCH3 is 1. The molecule has 1 aliphatic carbocycles. The highest BCUT2D eigenvalue weighted by Gasteiger charge is 2.51. The molecule has 2 aromatic rings. The average molecular weight is 442 g/mol. The van der Waals surface area contributed by atoms with Crippen LogP contribution < -0.4 is 15.7 Å². The summed E-state index contributed by atoms with van der Waals surface area (Å²) in [6.45, 7) is 7.31. The standard InChI is InChI=1S/C25H35NO4Si/c1-24(2,3)31(21-11-7-5-8-12-21,22-13-9-6-10-14-22)30-19-25(29-4)17-15-20(16-18-25)26-23(27)28/h5-14,20,26H,15-19H2,1-4H3,(H,27,28)/t20-,25-. The number of hydrogen-bond acceptors (Lipinski definition) is 3. The van der Waals surface area contributed by atoms with Crippen LogP contribution in [0.5, 0.6) is 0 Å². The van der Waals surface area contributed by atoms with Gasteiger partial charge in [0.25, 0.3) is 8.32 Å². The van der Waals surface area contributed by atoms with Crippen molar-refractivity contribution < 1.29 is 19.1 Å². The Morgan fingerprint density at radius 2 is 1.52 bits per heavy atom. The molecule has 0 unspecified atom stereocenters. The third-order valence-corrected chi connectivity index (χ3v) is 11.6. The van der Waals surface area contributed by atoms with Crippen LogP contribution in [0.1, 0.15) is 46.5 Å². The summed E-state index contributed by atoms with van der Waals surface area (Å²) in [4.78, 5) is 11.0. The highest BCUT2D eigenvalue weighted by molar-refractivity contribution is 6.99. The molecule has 5 nitrogen and oxygen atoms in total. The molecule has 0 spiro atoms. The van der Waals surface area contributed by atoms with Crippen LogP contribution in [0.4, 0.5) is 4.79 Å². The molecule has 0 atom stereocenters. The van der Waals surface area contributed by atoms with Gasteiger partial charge in [0.1, 0.15) is 0 Å². The SMILES string of the molecule is CO[C@]1(CO[Si](c2ccccc2)(c2ccccc2)C(C)(C)C)CC[C@@H](NC(=O)O)CC1. The quantitative estimate of drug-likeness (QED) is 0.633. The lowest BCUT2D eigenvalue weighted by Gasteiger charge is -2.46. The third-order valence-electron chi connectivity index (χ3n) is 6.63. The fraction of sp³-hybridized carbons (Fsp3) is 0.480. The van der Waals surface area contributed by atoms with Gasteiger partial charge in [-0.2, -0.15) is 0 Å². The van der Waals surface area contributed by atoms with E-state index in [1.165, 1.54) is 10.4 Å². The summed E-state index contributed by atoms with van der Waals surface area (Å²) in [5.74, 6) is 0. The van der Waals surface area contributed by atoms with E-state index < -0.39 is 20.0 Å². The van der Waals surface area contributed by atoms with Crippen molar-refractivity contribution in [2.45, 2.75) is 63.1 Å². The molecule has 2 aromatic carbocycles. The summed E-state index contributed by atoms with van der Waals surface area (Å²) in [5, 5.41) is 14.1. The average Bonchev–Trinajstić information content (AvgIpc) is 2.76. The summed E-state index contributed by atoms with van der Waals surface area (Å²) in [7, 11) is -0.880. The molecule has 3 rings (SSSR count). The molecule has 0 aliphatic heterocycles. The van der Waals surface area contributed by atoms with Crippen LogP contribution in [0.3, 0.4) is 0 Å². The molecule has 1 aliphatic rings. The van der Waals surface area contributed by atoms with Crippen molar-refractivity contribution in [2.75, 3.05) is 13.7 Å². The number of carbonyl (C=O) groups is 1. The smallest absolute Gasteiger partial charge is 0.404 e. The third kappa shape index (κ3) is 5.02. The van der Waals surface area contributed by atoms with Gasteiger partial charge in [-0.3, -0.25) is 0 Å². The number of carboxylic acid groups (broad SMARTS) is 1. The Morgan fingerprint density at radius 1 is 1.03 bits per heavy atom. The van der Waals surface area contributed by atoms with E-state index in [4.69, 9.17) is 14.3 Å². The maximum atomic E-state index is 11.0. The molecule has 2 N–H and O–H groups in total. The van der Waals surface area contributed by atoms with Crippen LogP contribution in [-0.2, 0) is 9.16 Å². The van der Waals surface area contributed by atoms with E-state index in [0.29, 0.717) is 6.61 Å².